The molecular weight excluding hydrogens is 499 g/mol. The van der Waals surface area contributed by atoms with Gasteiger partial charge >= 0.3 is 0 Å². The lowest BCUT2D eigenvalue weighted by Gasteiger charge is -2.38. The Labute approximate surface area is 229 Å². The maximum absolute atomic E-state index is 13.9. The first-order valence-electron chi connectivity index (χ1n) is 12.7. The lowest BCUT2D eigenvalue weighted by Crippen LogP contribution is -2.45. The zero-order valence-electron chi connectivity index (χ0n) is 20.7. The second-order valence-electron chi connectivity index (χ2n) is 9.49. The summed E-state index contributed by atoms with van der Waals surface area (Å²) in [6.45, 7) is 2.20. The number of halogens is 2. The van der Waals surface area contributed by atoms with E-state index >= 15 is 0 Å². The first-order valence-corrected chi connectivity index (χ1v) is 13.5. The molecule has 0 saturated heterocycles. The minimum absolute atomic E-state index is 0.0705. The van der Waals surface area contributed by atoms with E-state index in [1.807, 2.05) is 65.6 Å². The van der Waals surface area contributed by atoms with Gasteiger partial charge in [-0.25, -0.2) is 0 Å². The first kappa shape index (κ1) is 25.5. The van der Waals surface area contributed by atoms with E-state index in [2.05, 4.69) is 47.4 Å². The quantitative estimate of drug-likeness (QED) is 0.241. The Balaban J connectivity index is 1.42. The van der Waals surface area contributed by atoms with Gasteiger partial charge in [0.1, 0.15) is 0 Å². The minimum Gasteiger partial charge on any atom is -0.337 e. The molecule has 4 aromatic rings. The lowest BCUT2D eigenvalue weighted by molar-refractivity contribution is -0.133. The smallest absolute Gasteiger partial charge is 0.237 e. The maximum atomic E-state index is 13.9. The fraction of sp³-hybridized carbons (Fsp3) is 0.219. The van der Waals surface area contributed by atoms with Gasteiger partial charge in [0.25, 0.3) is 0 Å². The molecule has 1 aliphatic heterocycles. The molecule has 5 heteroatoms. The largest absolute Gasteiger partial charge is 0.337 e. The van der Waals surface area contributed by atoms with Crippen molar-refractivity contribution in [3.8, 4) is 0 Å². The molecule has 0 spiro atoms. The average Bonchev–Trinajstić information content (AvgIpc) is 2.93. The Kier molecular flexibility index (Phi) is 8.25. The number of carbonyl (C=O) groups excluding carboxylic acids is 1. The van der Waals surface area contributed by atoms with Crippen molar-refractivity contribution in [2.24, 2.45) is 0 Å². The van der Waals surface area contributed by atoms with Crippen LogP contribution in [0.3, 0.4) is 0 Å². The molecule has 0 aliphatic carbocycles. The summed E-state index contributed by atoms with van der Waals surface area (Å²) >= 11 is 13.2. The van der Waals surface area contributed by atoms with Gasteiger partial charge in [0.05, 0.1) is 12.6 Å². The van der Waals surface area contributed by atoms with Crippen LogP contribution < -0.4 is 0 Å². The van der Waals surface area contributed by atoms with Gasteiger partial charge in [-0.2, -0.15) is 0 Å². The van der Waals surface area contributed by atoms with Gasteiger partial charge in [0.15, 0.2) is 0 Å². The molecule has 1 atom stereocenters. The van der Waals surface area contributed by atoms with Crippen molar-refractivity contribution in [2.45, 2.75) is 25.4 Å². The number of hydrogen-bond donors (Lipinski definition) is 0. The number of fused-ring (bicyclic) bond motifs is 1. The van der Waals surface area contributed by atoms with Crippen molar-refractivity contribution in [3.63, 3.8) is 0 Å². The van der Waals surface area contributed by atoms with E-state index in [0.717, 1.165) is 35.5 Å². The van der Waals surface area contributed by atoms with E-state index in [-0.39, 0.29) is 11.9 Å². The van der Waals surface area contributed by atoms with Crippen LogP contribution in [0.5, 0.6) is 0 Å². The number of benzene rings is 4. The van der Waals surface area contributed by atoms with Crippen LogP contribution in [0, 0.1) is 0 Å². The van der Waals surface area contributed by atoms with Gasteiger partial charge in [-0.1, -0.05) is 114 Å². The summed E-state index contributed by atoms with van der Waals surface area (Å²) < 4.78 is 0. The fourth-order valence-corrected chi connectivity index (χ4v) is 5.59. The van der Waals surface area contributed by atoms with Gasteiger partial charge < -0.3 is 4.90 Å². The van der Waals surface area contributed by atoms with Crippen LogP contribution in [0.4, 0.5) is 0 Å². The van der Waals surface area contributed by atoms with Crippen LogP contribution in [-0.2, 0) is 24.2 Å². The molecule has 1 aliphatic rings. The van der Waals surface area contributed by atoms with E-state index < -0.39 is 0 Å². The highest BCUT2D eigenvalue weighted by Gasteiger charge is 2.32. The topological polar surface area (TPSA) is 23.6 Å². The molecule has 1 unspecified atom stereocenters. The van der Waals surface area contributed by atoms with Crippen molar-refractivity contribution in [2.75, 3.05) is 19.6 Å². The molecule has 0 N–H and O–H groups in total. The summed E-state index contributed by atoms with van der Waals surface area (Å²) in [5, 5.41) is 1.40. The van der Waals surface area contributed by atoms with Crippen LogP contribution >= 0.6 is 23.2 Å². The van der Waals surface area contributed by atoms with Gasteiger partial charge in [0, 0.05) is 29.7 Å². The Bertz CT molecular complexity index is 1360. The van der Waals surface area contributed by atoms with Crippen LogP contribution in [0.25, 0.3) is 0 Å². The van der Waals surface area contributed by atoms with E-state index in [0.29, 0.717) is 24.7 Å². The van der Waals surface area contributed by atoms with E-state index in [4.69, 9.17) is 23.2 Å². The SMILES string of the molecule is O=C(CN1CCc2ccccc2C1c1ccccc1Cl)N(CCc1ccccc1)Cc1ccccc1Cl. The van der Waals surface area contributed by atoms with Crippen molar-refractivity contribution < 1.29 is 4.79 Å². The number of nitrogens with zero attached hydrogens (tertiary/aromatic N) is 2. The molecule has 3 nitrogen and oxygen atoms in total. The molecule has 0 aromatic heterocycles. The zero-order valence-corrected chi connectivity index (χ0v) is 22.2. The molecule has 5 rings (SSSR count). The van der Waals surface area contributed by atoms with Crippen molar-refractivity contribution in [1.82, 2.24) is 9.80 Å². The predicted molar refractivity (Wildman–Crippen MR) is 152 cm³/mol. The normalized spacial score (nSPS) is 15.2. The Morgan fingerprint density at radius 2 is 1.43 bits per heavy atom. The second-order valence-corrected chi connectivity index (χ2v) is 10.3. The summed E-state index contributed by atoms with van der Waals surface area (Å²) in [5.41, 5.74) is 5.73. The van der Waals surface area contributed by atoms with Crippen molar-refractivity contribution in [3.05, 3.63) is 141 Å². The summed E-state index contributed by atoms with van der Waals surface area (Å²) in [6, 6.07) is 34.4. The fourth-order valence-electron chi connectivity index (χ4n) is 5.16. The Morgan fingerprint density at radius 3 is 2.19 bits per heavy atom. The molecule has 0 saturated carbocycles. The average molecular weight is 530 g/mol. The van der Waals surface area contributed by atoms with Gasteiger partial charge in [-0.05, 0) is 52.8 Å². The molecule has 1 amide bonds. The monoisotopic (exact) mass is 528 g/mol. The number of hydrogen-bond acceptors (Lipinski definition) is 2. The van der Waals surface area contributed by atoms with Crippen molar-refractivity contribution in [1.29, 1.82) is 0 Å². The number of amides is 1. The van der Waals surface area contributed by atoms with E-state index in [1.54, 1.807) is 0 Å². The van der Waals surface area contributed by atoms with Crippen LogP contribution in [0.1, 0.15) is 33.9 Å². The third kappa shape index (κ3) is 6.07. The third-order valence-electron chi connectivity index (χ3n) is 7.11. The molecule has 0 fully saturated rings. The molecule has 0 radical (unpaired) electrons. The van der Waals surface area contributed by atoms with Crippen LogP contribution in [0.2, 0.25) is 10.0 Å². The highest BCUT2D eigenvalue weighted by molar-refractivity contribution is 6.31. The first-order chi connectivity index (χ1) is 18.1. The van der Waals surface area contributed by atoms with Crippen LogP contribution in [0.15, 0.2) is 103 Å². The van der Waals surface area contributed by atoms with Gasteiger partial charge in [0.2, 0.25) is 5.91 Å². The third-order valence-corrected chi connectivity index (χ3v) is 7.82. The summed E-state index contributed by atoms with van der Waals surface area (Å²) in [6.07, 6.45) is 1.69. The molecular formula is C32H30Cl2N2O. The molecule has 188 valence electrons. The number of carbonyl (C=O) groups is 1. The second kappa shape index (κ2) is 12.0. The summed E-state index contributed by atoms with van der Waals surface area (Å²) in [4.78, 5) is 18.1. The zero-order chi connectivity index (χ0) is 25.6. The summed E-state index contributed by atoms with van der Waals surface area (Å²) in [5.74, 6) is 0.0901. The lowest BCUT2D eigenvalue weighted by atomic mass is 9.88. The highest BCUT2D eigenvalue weighted by atomic mass is 35.5. The minimum atomic E-state index is -0.0705. The van der Waals surface area contributed by atoms with Crippen molar-refractivity contribution >= 4 is 29.1 Å². The molecule has 37 heavy (non-hydrogen) atoms. The molecule has 1 heterocycles. The predicted octanol–water partition coefficient (Wildman–Crippen LogP) is 7.21. The van der Waals surface area contributed by atoms with Gasteiger partial charge in [-0.15, -0.1) is 0 Å². The Hall–Kier alpha value is -3.11. The Morgan fingerprint density at radius 1 is 0.784 bits per heavy atom. The number of rotatable bonds is 8. The van der Waals surface area contributed by atoms with Crippen LogP contribution in [-0.4, -0.2) is 35.3 Å². The standard InChI is InChI=1S/C32H30Cl2N2O/c33-29-16-8-5-13-26(29)22-35(20-18-24-10-2-1-3-11-24)31(37)23-36-21-19-25-12-4-6-14-27(25)32(36)28-15-7-9-17-30(28)34/h1-17,32H,18-23H2. The summed E-state index contributed by atoms with van der Waals surface area (Å²) in [7, 11) is 0. The maximum Gasteiger partial charge on any atom is 0.237 e. The molecule has 4 aromatic carbocycles. The van der Waals surface area contributed by atoms with Gasteiger partial charge in [-0.3, -0.25) is 9.69 Å². The highest BCUT2D eigenvalue weighted by Crippen LogP contribution is 2.38. The molecule has 0 bridgehead atoms. The van der Waals surface area contributed by atoms with E-state index in [9.17, 15) is 4.79 Å². The van der Waals surface area contributed by atoms with E-state index in [1.165, 1.54) is 16.7 Å².